The van der Waals surface area contributed by atoms with E-state index in [0.717, 1.165) is 31.7 Å². The number of nitrogens with two attached hydrogens (primary N) is 1. The second kappa shape index (κ2) is 9.19. The van der Waals surface area contributed by atoms with Gasteiger partial charge in [-0.2, -0.15) is 5.90 Å². The SMILES string of the molecule is CC(OP(=O)(N1CC1)N1CC1)c1ccc(OON)c(Oc2cccc(C(=O)N(C)C)c2)c1. The van der Waals surface area contributed by atoms with Gasteiger partial charge in [-0.05, 0) is 42.8 Å². The van der Waals surface area contributed by atoms with Crippen LogP contribution < -0.4 is 15.5 Å². The van der Waals surface area contributed by atoms with Gasteiger partial charge in [-0.15, -0.1) is 0 Å². The molecule has 2 saturated heterocycles. The molecule has 2 heterocycles. The van der Waals surface area contributed by atoms with Crippen molar-refractivity contribution in [1.82, 2.24) is 14.2 Å². The van der Waals surface area contributed by atoms with Crippen molar-refractivity contribution in [2.24, 2.45) is 5.90 Å². The summed E-state index contributed by atoms with van der Waals surface area (Å²) in [5.41, 5.74) is 1.23. The van der Waals surface area contributed by atoms with Crippen molar-refractivity contribution in [3.63, 3.8) is 0 Å². The van der Waals surface area contributed by atoms with Gasteiger partial charge in [0, 0.05) is 45.8 Å². The molecular formula is C21H27N4O6P. The number of nitrogens with zero attached hydrogens (tertiary/aromatic N) is 3. The van der Waals surface area contributed by atoms with E-state index in [9.17, 15) is 9.36 Å². The molecule has 0 radical (unpaired) electrons. The number of hydrogen-bond acceptors (Lipinski definition) is 7. The largest absolute Gasteiger partial charge is 0.453 e. The maximum atomic E-state index is 13.3. The molecule has 0 bridgehead atoms. The summed E-state index contributed by atoms with van der Waals surface area (Å²) in [4.78, 5) is 23.1. The number of amides is 1. The van der Waals surface area contributed by atoms with E-state index < -0.39 is 13.8 Å². The van der Waals surface area contributed by atoms with Gasteiger partial charge in [0.1, 0.15) is 5.75 Å². The highest BCUT2D eigenvalue weighted by molar-refractivity contribution is 7.54. The van der Waals surface area contributed by atoms with Crippen molar-refractivity contribution >= 4 is 13.6 Å². The van der Waals surface area contributed by atoms with Crippen LogP contribution in [0.2, 0.25) is 0 Å². The average Bonchev–Trinajstić information content (AvgIpc) is 3.65. The third-order valence-corrected chi connectivity index (χ3v) is 7.97. The quantitative estimate of drug-likeness (QED) is 0.247. The molecular weight excluding hydrogens is 435 g/mol. The van der Waals surface area contributed by atoms with E-state index in [-0.39, 0.29) is 11.7 Å². The van der Waals surface area contributed by atoms with Crippen molar-refractivity contribution in [3.8, 4) is 17.2 Å². The van der Waals surface area contributed by atoms with E-state index >= 15 is 0 Å². The monoisotopic (exact) mass is 462 g/mol. The molecule has 2 N–H and O–H groups in total. The van der Waals surface area contributed by atoms with Gasteiger partial charge < -0.3 is 14.5 Å². The Morgan fingerprint density at radius 3 is 2.34 bits per heavy atom. The smallest absolute Gasteiger partial charge is 0.346 e. The minimum atomic E-state index is -2.99. The Hall–Kier alpha value is -2.46. The van der Waals surface area contributed by atoms with Gasteiger partial charge in [0.25, 0.3) is 5.91 Å². The number of hydrogen-bond donors (Lipinski definition) is 1. The lowest BCUT2D eigenvalue weighted by Gasteiger charge is -2.24. The topological polar surface area (TPSA) is 106 Å². The average molecular weight is 462 g/mol. The molecule has 2 aromatic carbocycles. The van der Waals surface area contributed by atoms with E-state index in [1.54, 1.807) is 56.6 Å². The molecule has 11 heteroatoms. The minimum absolute atomic E-state index is 0.145. The Morgan fingerprint density at radius 2 is 1.75 bits per heavy atom. The van der Waals surface area contributed by atoms with Crippen molar-refractivity contribution in [1.29, 1.82) is 0 Å². The molecule has 1 unspecified atom stereocenters. The van der Waals surface area contributed by atoms with E-state index in [2.05, 4.69) is 4.99 Å². The maximum absolute atomic E-state index is 13.3. The molecule has 32 heavy (non-hydrogen) atoms. The van der Waals surface area contributed by atoms with E-state index in [0.29, 0.717) is 17.1 Å². The highest BCUT2D eigenvalue weighted by Crippen LogP contribution is 2.63. The number of carbonyl (C=O) groups excluding carboxylic acids is 1. The van der Waals surface area contributed by atoms with Crippen LogP contribution in [0.3, 0.4) is 0 Å². The molecule has 0 aliphatic carbocycles. The fourth-order valence-electron chi connectivity index (χ4n) is 3.23. The predicted molar refractivity (Wildman–Crippen MR) is 117 cm³/mol. The first-order valence-electron chi connectivity index (χ1n) is 10.3. The van der Waals surface area contributed by atoms with E-state index in [1.165, 1.54) is 4.90 Å². The van der Waals surface area contributed by atoms with Crippen LogP contribution in [0.5, 0.6) is 17.2 Å². The summed E-state index contributed by atoms with van der Waals surface area (Å²) in [5.74, 6) is 5.93. The Morgan fingerprint density at radius 1 is 1.06 bits per heavy atom. The zero-order valence-electron chi connectivity index (χ0n) is 18.3. The highest BCUT2D eigenvalue weighted by Gasteiger charge is 2.50. The van der Waals surface area contributed by atoms with Gasteiger partial charge in [0.15, 0.2) is 5.75 Å². The predicted octanol–water partition coefficient (Wildman–Crippen LogP) is 3.18. The van der Waals surface area contributed by atoms with Crippen molar-refractivity contribution in [2.75, 3.05) is 40.3 Å². The molecule has 0 spiro atoms. The molecule has 10 nitrogen and oxygen atoms in total. The summed E-state index contributed by atoms with van der Waals surface area (Å²) in [6.07, 6.45) is -0.459. The molecule has 2 aliphatic heterocycles. The van der Waals surface area contributed by atoms with Gasteiger partial charge in [-0.3, -0.25) is 13.9 Å². The Kier molecular flexibility index (Phi) is 6.52. The Bertz CT molecular complexity index is 1020. The fourth-order valence-corrected chi connectivity index (χ4v) is 5.58. The lowest BCUT2D eigenvalue weighted by Crippen LogP contribution is -2.21. The summed E-state index contributed by atoms with van der Waals surface area (Å²) in [6, 6.07) is 11.9. The van der Waals surface area contributed by atoms with Gasteiger partial charge in [0.05, 0.1) is 6.10 Å². The van der Waals surface area contributed by atoms with Crippen LogP contribution in [-0.2, 0) is 14.1 Å². The molecule has 0 saturated carbocycles. The lowest BCUT2D eigenvalue weighted by atomic mass is 10.1. The van der Waals surface area contributed by atoms with E-state index in [4.69, 9.17) is 20.0 Å². The van der Waals surface area contributed by atoms with Crippen molar-refractivity contribution in [3.05, 3.63) is 53.6 Å². The van der Waals surface area contributed by atoms with Crippen LogP contribution in [0, 0.1) is 0 Å². The molecule has 172 valence electrons. The van der Waals surface area contributed by atoms with Gasteiger partial charge in [-0.25, -0.2) is 9.34 Å². The molecule has 4 rings (SSSR count). The first kappa shape index (κ1) is 22.7. The van der Waals surface area contributed by atoms with E-state index in [1.807, 2.05) is 16.3 Å². The van der Waals surface area contributed by atoms with Crippen LogP contribution in [0.15, 0.2) is 42.5 Å². The summed E-state index contributed by atoms with van der Waals surface area (Å²) in [7, 11) is 0.374. The van der Waals surface area contributed by atoms with Gasteiger partial charge in [0.2, 0.25) is 5.75 Å². The molecule has 2 fully saturated rings. The van der Waals surface area contributed by atoms with Crippen molar-refractivity contribution < 1.29 is 28.5 Å². The zero-order chi connectivity index (χ0) is 22.9. The molecule has 2 aliphatic rings. The summed E-state index contributed by atoms with van der Waals surface area (Å²) < 4.78 is 29.1. The summed E-state index contributed by atoms with van der Waals surface area (Å²) >= 11 is 0. The molecule has 2 aromatic rings. The number of benzene rings is 2. The van der Waals surface area contributed by atoms with Crippen LogP contribution in [0.25, 0.3) is 0 Å². The fraction of sp³-hybridized carbons (Fsp3) is 0.381. The zero-order valence-corrected chi connectivity index (χ0v) is 19.2. The normalized spacial score (nSPS) is 17.0. The molecule has 1 amide bonds. The third-order valence-electron chi connectivity index (χ3n) is 5.15. The number of rotatable bonds is 10. The Balaban J connectivity index is 1.57. The highest BCUT2D eigenvalue weighted by atomic mass is 31.2. The van der Waals surface area contributed by atoms with Gasteiger partial charge >= 0.3 is 7.67 Å². The molecule has 0 aromatic heterocycles. The summed E-state index contributed by atoms with van der Waals surface area (Å²) in [6.45, 7) is 4.94. The first-order chi connectivity index (χ1) is 15.3. The van der Waals surface area contributed by atoms with Crippen molar-refractivity contribution in [2.45, 2.75) is 13.0 Å². The van der Waals surface area contributed by atoms with Crippen LogP contribution in [-0.4, -0.2) is 60.4 Å². The molecule has 1 atom stereocenters. The van der Waals surface area contributed by atoms with Crippen LogP contribution in [0.4, 0.5) is 0 Å². The minimum Gasteiger partial charge on any atom is -0.453 e. The third kappa shape index (κ3) is 4.96. The maximum Gasteiger partial charge on any atom is 0.346 e. The lowest BCUT2D eigenvalue weighted by molar-refractivity contribution is -0.212. The van der Waals surface area contributed by atoms with Crippen LogP contribution >= 0.6 is 7.67 Å². The second-order valence-corrected chi connectivity index (χ2v) is 10.2. The first-order valence-corrected chi connectivity index (χ1v) is 11.8. The number of ether oxygens (including phenoxy) is 1. The number of carbonyl (C=O) groups is 1. The second-order valence-electron chi connectivity index (χ2n) is 7.86. The van der Waals surface area contributed by atoms with Crippen LogP contribution in [0.1, 0.15) is 28.9 Å². The van der Waals surface area contributed by atoms with Gasteiger partial charge in [-0.1, -0.05) is 17.1 Å². The standard InChI is InChI=1S/C21H27N4O6P/c1-15(30-32(27,24-9-10-24)25-11-12-25)16-7-8-19(29-31-22)20(14-16)28-18-6-4-5-17(13-18)21(26)23(2)3/h4-8,13-15H,9-12,22H2,1-3H3. The Labute approximate surface area is 186 Å². The summed E-state index contributed by atoms with van der Waals surface area (Å²) in [5, 5.41) is 0.